The second-order valence-corrected chi connectivity index (χ2v) is 7.39. The molecule has 0 unspecified atom stereocenters. The first-order valence-corrected chi connectivity index (χ1v) is 8.81. The van der Waals surface area contributed by atoms with Gasteiger partial charge in [-0.15, -0.1) is 0 Å². The summed E-state index contributed by atoms with van der Waals surface area (Å²) in [6.07, 6.45) is 5.22. The summed E-state index contributed by atoms with van der Waals surface area (Å²) in [7, 11) is -2.22. The molecule has 0 aromatic heterocycles. The quantitative estimate of drug-likeness (QED) is 0.799. The summed E-state index contributed by atoms with van der Waals surface area (Å²) in [5, 5.41) is 0. The van der Waals surface area contributed by atoms with Crippen LogP contribution in [-0.2, 0) is 14.6 Å². The average molecular weight is 312 g/mol. The molecule has 6 heteroatoms. The van der Waals surface area contributed by atoms with E-state index in [1.54, 1.807) is 13.0 Å². The van der Waals surface area contributed by atoms with E-state index in [-0.39, 0.29) is 16.6 Å². The largest absolute Gasteiger partial charge is 0.489 e. The average Bonchev–Trinajstić information content (AvgIpc) is 2.89. The zero-order valence-corrected chi connectivity index (χ0v) is 13.3. The number of hydrogen-bond donors (Lipinski definition) is 0. The SMILES string of the molecule is COC(=O)c1cc(S(C)(=O)=O)c(OC2CCCC2)cc1C. The molecule has 1 saturated carbocycles. The number of sulfone groups is 1. The Morgan fingerprint density at radius 1 is 1.24 bits per heavy atom. The minimum Gasteiger partial charge on any atom is -0.489 e. The molecule has 0 bridgehead atoms. The Bertz CT molecular complexity index is 642. The molecule has 1 aromatic rings. The van der Waals surface area contributed by atoms with Crippen molar-refractivity contribution in [2.45, 2.75) is 43.6 Å². The number of ether oxygens (including phenoxy) is 2. The van der Waals surface area contributed by atoms with Gasteiger partial charge < -0.3 is 9.47 Å². The fraction of sp³-hybridized carbons (Fsp3) is 0.533. The molecule has 2 rings (SSSR count). The van der Waals surface area contributed by atoms with Gasteiger partial charge in [0.05, 0.1) is 18.8 Å². The zero-order chi connectivity index (χ0) is 15.6. The van der Waals surface area contributed by atoms with E-state index < -0.39 is 15.8 Å². The molecule has 1 aliphatic rings. The van der Waals surface area contributed by atoms with Crippen molar-refractivity contribution in [2.75, 3.05) is 13.4 Å². The fourth-order valence-electron chi connectivity index (χ4n) is 2.56. The van der Waals surface area contributed by atoms with Crippen molar-refractivity contribution < 1.29 is 22.7 Å². The van der Waals surface area contributed by atoms with E-state index in [9.17, 15) is 13.2 Å². The lowest BCUT2D eigenvalue weighted by molar-refractivity contribution is 0.0599. The van der Waals surface area contributed by atoms with Gasteiger partial charge in [-0.1, -0.05) is 0 Å². The Labute approximate surface area is 125 Å². The molecule has 0 atom stereocenters. The molecule has 1 aromatic carbocycles. The van der Waals surface area contributed by atoms with Gasteiger partial charge >= 0.3 is 5.97 Å². The molecular formula is C15H20O5S. The first-order valence-electron chi connectivity index (χ1n) is 6.92. The summed E-state index contributed by atoms with van der Waals surface area (Å²) >= 11 is 0. The van der Waals surface area contributed by atoms with Crippen LogP contribution in [0.2, 0.25) is 0 Å². The van der Waals surface area contributed by atoms with E-state index in [4.69, 9.17) is 4.74 Å². The maximum absolute atomic E-state index is 12.0. The normalized spacial score (nSPS) is 16.0. The lowest BCUT2D eigenvalue weighted by Crippen LogP contribution is -2.15. The number of hydrogen-bond acceptors (Lipinski definition) is 5. The molecule has 0 amide bonds. The maximum atomic E-state index is 12.0. The third-order valence-corrected chi connectivity index (χ3v) is 4.81. The maximum Gasteiger partial charge on any atom is 0.338 e. The third-order valence-electron chi connectivity index (χ3n) is 3.69. The molecular weight excluding hydrogens is 292 g/mol. The topological polar surface area (TPSA) is 69.7 Å². The van der Waals surface area contributed by atoms with Crippen LogP contribution in [0.1, 0.15) is 41.6 Å². The van der Waals surface area contributed by atoms with Crippen LogP contribution >= 0.6 is 0 Å². The second kappa shape index (κ2) is 6.05. The van der Waals surface area contributed by atoms with Gasteiger partial charge in [-0.05, 0) is 50.3 Å². The smallest absolute Gasteiger partial charge is 0.338 e. The molecule has 21 heavy (non-hydrogen) atoms. The predicted molar refractivity (Wildman–Crippen MR) is 78.5 cm³/mol. The molecule has 5 nitrogen and oxygen atoms in total. The molecule has 116 valence electrons. The first kappa shape index (κ1) is 15.8. The number of esters is 1. The van der Waals surface area contributed by atoms with E-state index in [1.807, 2.05) is 0 Å². The van der Waals surface area contributed by atoms with Crippen molar-refractivity contribution in [1.29, 1.82) is 0 Å². The second-order valence-electron chi connectivity index (χ2n) is 5.40. The predicted octanol–water partition coefficient (Wildman–Crippen LogP) is 2.51. The number of carbonyl (C=O) groups is 1. The number of carbonyl (C=O) groups excluding carboxylic acids is 1. The highest BCUT2D eigenvalue weighted by molar-refractivity contribution is 7.90. The molecule has 0 spiro atoms. The van der Waals surface area contributed by atoms with Crippen LogP contribution in [0.3, 0.4) is 0 Å². The van der Waals surface area contributed by atoms with Gasteiger partial charge in [0.1, 0.15) is 10.6 Å². The van der Waals surface area contributed by atoms with Crippen LogP contribution in [0.5, 0.6) is 5.75 Å². The molecule has 0 radical (unpaired) electrons. The summed E-state index contributed by atoms with van der Waals surface area (Å²) in [5.41, 5.74) is 0.888. The van der Waals surface area contributed by atoms with Crippen LogP contribution < -0.4 is 4.74 Å². The van der Waals surface area contributed by atoms with E-state index >= 15 is 0 Å². The van der Waals surface area contributed by atoms with Crippen LogP contribution in [0.4, 0.5) is 0 Å². The summed E-state index contributed by atoms with van der Waals surface area (Å²) in [6.45, 7) is 1.74. The third kappa shape index (κ3) is 3.56. The highest BCUT2D eigenvalue weighted by Crippen LogP contribution is 2.32. The van der Waals surface area contributed by atoms with Crippen molar-refractivity contribution in [3.05, 3.63) is 23.3 Å². The van der Waals surface area contributed by atoms with Gasteiger partial charge in [-0.3, -0.25) is 0 Å². The lowest BCUT2D eigenvalue weighted by atomic mass is 10.1. The molecule has 1 aliphatic carbocycles. The summed E-state index contributed by atoms with van der Waals surface area (Å²) < 4.78 is 34.5. The van der Waals surface area contributed by atoms with Crippen LogP contribution in [0.15, 0.2) is 17.0 Å². The van der Waals surface area contributed by atoms with Crippen molar-refractivity contribution in [3.8, 4) is 5.75 Å². The lowest BCUT2D eigenvalue weighted by Gasteiger charge is -2.17. The Kier molecular flexibility index (Phi) is 4.56. The number of methoxy groups -OCH3 is 1. The standard InChI is InChI=1S/C15H20O5S/c1-10-8-13(20-11-6-4-5-7-11)14(21(3,17)18)9-12(10)15(16)19-2/h8-9,11H,4-7H2,1-3H3. The minimum atomic E-state index is -3.49. The van der Waals surface area contributed by atoms with Gasteiger partial charge in [-0.25, -0.2) is 13.2 Å². The van der Waals surface area contributed by atoms with Crippen molar-refractivity contribution in [1.82, 2.24) is 0 Å². The first-order chi connectivity index (χ1) is 9.82. The van der Waals surface area contributed by atoms with Crippen molar-refractivity contribution >= 4 is 15.8 Å². The molecule has 0 saturated heterocycles. The van der Waals surface area contributed by atoms with E-state index in [2.05, 4.69) is 4.74 Å². The highest BCUT2D eigenvalue weighted by atomic mass is 32.2. The van der Waals surface area contributed by atoms with Crippen molar-refractivity contribution in [3.63, 3.8) is 0 Å². The van der Waals surface area contributed by atoms with Gasteiger partial charge in [0.15, 0.2) is 9.84 Å². The number of rotatable bonds is 4. The van der Waals surface area contributed by atoms with E-state index in [0.29, 0.717) is 11.3 Å². The monoisotopic (exact) mass is 312 g/mol. The number of benzene rings is 1. The van der Waals surface area contributed by atoms with Gasteiger partial charge in [0.2, 0.25) is 0 Å². The molecule has 0 N–H and O–H groups in total. The van der Waals surface area contributed by atoms with Crippen LogP contribution in [-0.4, -0.2) is 33.9 Å². The van der Waals surface area contributed by atoms with Crippen LogP contribution in [0.25, 0.3) is 0 Å². The van der Waals surface area contributed by atoms with E-state index in [1.165, 1.54) is 13.2 Å². The minimum absolute atomic E-state index is 0.0420. The zero-order valence-electron chi connectivity index (χ0n) is 12.5. The molecule has 0 aliphatic heterocycles. The Hall–Kier alpha value is -1.56. The number of aryl methyl sites for hydroxylation is 1. The highest BCUT2D eigenvalue weighted by Gasteiger charge is 2.24. The van der Waals surface area contributed by atoms with Gasteiger partial charge in [0.25, 0.3) is 0 Å². The summed E-state index contributed by atoms with van der Waals surface area (Å²) in [4.78, 5) is 11.8. The fourth-order valence-corrected chi connectivity index (χ4v) is 3.36. The summed E-state index contributed by atoms with van der Waals surface area (Å²) in [6, 6.07) is 2.96. The Morgan fingerprint density at radius 3 is 2.38 bits per heavy atom. The Balaban J connectivity index is 2.47. The van der Waals surface area contributed by atoms with Gasteiger partial charge in [-0.2, -0.15) is 0 Å². The van der Waals surface area contributed by atoms with Gasteiger partial charge in [0, 0.05) is 6.26 Å². The molecule has 1 fully saturated rings. The Morgan fingerprint density at radius 2 is 1.86 bits per heavy atom. The van der Waals surface area contributed by atoms with Crippen LogP contribution in [0, 0.1) is 6.92 Å². The van der Waals surface area contributed by atoms with Crippen molar-refractivity contribution in [2.24, 2.45) is 0 Å². The molecule has 0 heterocycles. The summed E-state index contributed by atoms with van der Waals surface area (Å²) in [5.74, 6) is -0.223. The van der Waals surface area contributed by atoms with E-state index in [0.717, 1.165) is 31.9 Å².